The number of aromatic nitrogens is 1. The number of hydrogen-bond donors (Lipinski definition) is 2. The van der Waals surface area contributed by atoms with Gasteiger partial charge in [0.15, 0.2) is 0 Å². The molecule has 3 atom stereocenters. The lowest BCUT2D eigenvalue weighted by Gasteiger charge is -2.39. The Morgan fingerprint density at radius 3 is 2.94 bits per heavy atom. The molecule has 1 aliphatic heterocycles. The molecule has 1 aromatic carbocycles. The van der Waals surface area contributed by atoms with E-state index in [1.165, 1.54) is 4.21 Å². The number of methoxy groups -OCH3 is 1. The minimum atomic E-state index is -0.726. The summed E-state index contributed by atoms with van der Waals surface area (Å²) in [5.41, 5.74) is 1.72. The van der Waals surface area contributed by atoms with E-state index < -0.39 is 12.1 Å². The highest BCUT2D eigenvalue weighted by atomic mass is 32.2. The normalized spacial score (nSPS) is 19.4. The molecule has 0 spiro atoms. The van der Waals surface area contributed by atoms with Crippen LogP contribution in [-0.2, 0) is 4.79 Å². The highest BCUT2D eigenvalue weighted by Crippen LogP contribution is 2.35. The van der Waals surface area contributed by atoms with E-state index in [0.29, 0.717) is 24.7 Å². The van der Waals surface area contributed by atoms with E-state index in [-0.39, 0.29) is 6.42 Å². The van der Waals surface area contributed by atoms with Crippen molar-refractivity contribution in [2.45, 2.75) is 48.8 Å². The SMILES string of the molecule is COc1ccc2nccc(C(O)CC[C@@H]3CCN(CCCSc4cccs4)C[C@@H]3CCC(=O)O)c2c1. The quantitative estimate of drug-likeness (QED) is 0.205. The van der Waals surface area contributed by atoms with Gasteiger partial charge in [0.25, 0.3) is 0 Å². The molecule has 4 rings (SSSR count). The number of carboxylic acid groups (broad SMARTS) is 1. The second-order valence-corrected chi connectivity index (χ2v) is 11.9. The Labute approximate surface area is 221 Å². The van der Waals surface area contributed by atoms with Crippen LogP contribution in [0.15, 0.2) is 52.2 Å². The fourth-order valence-electron chi connectivity index (χ4n) is 5.27. The highest BCUT2D eigenvalue weighted by molar-refractivity contribution is 8.01. The molecule has 0 radical (unpaired) electrons. The maximum atomic E-state index is 11.3. The van der Waals surface area contributed by atoms with Crippen molar-refractivity contribution in [3.05, 3.63) is 53.5 Å². The van der Waals surface area contributed by atoms with Crippen molar-refractivity contribution < 1.29 is 19.7 Å². The summed E-state index contributed by atoms with van der Waals surface area (Å²) < 4.78 is 6.74. The van der Waals surface area contributed by atoms with Gasteiger partial charge in [-0.1, -0.05) is 6.07 Å². The second-order valence-electron chi connectivity index (χ2n) is 9.55. The minimum absolute atomic E-state index is 0.209. The number of thioether (sulfide) groups is 1. The van der Waals surface area contributed by atoms with Crippen molar-refractivity contribution in [1.29, 1.82) is 0 Å². The molecule has 3 aromatic rings. The Morgan fingerprint density at radius 1 is 1.28 bits per heavy atom. The number of fused-ring (bicyclic) bond motifs is 1. The largest absolute Gasteiger partial charge is 0.497 e. The predicted molar refractivity (Wildman–Crippen MR) is 147 cm³/mol. The lowest BCUT2D eigenvalue weighted by atomic mass is 9.79. The van der Waals surface area contributed by atoms with Gasteiger partial charge < -0.3 is 19.8 Å². The molecule has 3 heterocycles. The second kappa shape index (κ2) is 13.4. The van der Waals surface area contributed by atoms with Crippen LogP contribution in [0, 0.1) is 11.8 Å². The van der Waals surface area contributed by atoms with E-state index in [9.17, 15) is 15.0 Å². The molecule has 2 N–H and O–H groups in total. The smallest absolute Gasteiger partial charge is 0.303 e. The number of thiophene rings is 1. The number of pyridine rings is 1. The first-order chi connectivity index (χ1) is 17.5. The molecule has 0 amide bonds. The van der Waals surface area contributed by atoms with E-state index in [1.807, 2.05) is 36.0 Å². The maximum Gasteiger partial charge on any atom is 0.303 e. The summed E-state index contributed by atoms with van der Waals surface area (Å²) in [6.07, 6.45) is 5.81. The van der Waals surface area contributed by atoms with Gasteiger partial charge in [-0.05, 0) is 98.3 Å². The maximum absolute atomic E-state index is 11.3. The Hall–Kier alpha value is -2.13. The van der Waals surface area contributed by atoms with Gasteiger partial charge in [-0.15, -0.1) is 23.1 Å². The monoisotopic (exact) mass is 528 g/mol. The molecular weight excluding hydrogens is 492 g/mol. The Morgan fingerprint density at radius 2 is 2.17 bits per heavy atom. The molecule has 0 bridgehead atoms. The fraction of sp³-hybridized carbons (Fsp3) is 0.500. The van der Waals surface area contributed by atoms with Gasteiger partial charge in [-0.2, -0.15) is 0 Å². The van der Waals surface area contributed by atoms with E-state index in [1.54, 1.807) is 24.6 Å². The van der Waals surface area contributed by atoms with Crippen LogP contribution in [-0.4, -0.2) is 58.6 Å². The number of carboxylic acids is 1. The molecule has 1 unspecified atom stereocenters. The molecule has 6 nitrogen and oxygen atoms in total. The first kappa shape index (κ1) is 26.9. The van der Waals surface area contributed by atoms with Crippen molar-refractivity contribution >= 4 is 40.0 Å². The molecule has 8 heteroatoms. The summed E-state index contributed by atoms with van der Waals surface area (Å²) in [6, 6.07) is 11.9. The molecule has 1 saturated heterocycles. The Bertz CT molecular complexity index is 1110. The number of carbonyl (C=O) groups is 1. The van der Waals surface area contributed by atoms with Gasteiger partial charge in [-0.25, -0.2) is 0 Å². The fourth-order valence-corrected chi connectivity index (χ4v) is 7.06. The van der Waals surface area contributed by atoms with Crippen LogP contribution in [0.1, 0.15) is 50.2 Å². The number of piperidine rings is 1. The van der Waals surface area contributed by atoms with Crippen LogP contribution >= 0.6 is 23.1 Å². The topological polar surface area (TPSA) is 82.9 Å². The van der Waals surface area contributed by atoms with Crippen molar-refractivity contribution in [3.63, 3.8) is 0 Å². The molecule has 2 aromatic heterocycles. The zero-order chi connectivity index (χ0) is 25.3. The first-order valence-corrected chi connectivity index (χ1v) is 14.6. The average Bonchev–Trinajstić information content (AvgIpc) is 3.42. The van der Waals surface area contributed by atoms with Gasteiger partial charge in [0.1, 0.15) is 5.75 Å². The third-order valence-electron chi connectivity index (χ3n) is 7.21. The average molecular weight is 529 g/mol. The summed E-state index contributed by atoms with van der Waals surface area (Å²) >= 11 is 3.71. The van der Waals surface area contributed by atoms with Crippen LogP contribution in [0.25, 0.3) is 10.9 Å². The zero-order valence-corrected chi connectivity index (χ0v) is 22.5. The number of hydrogen-bond acceptors (Lipinski definition) is 7. The Balaban J connectivity index is 1.33. The highest BCUT2D eigenvalue weighted by Gasteiger charge is 2.30. The molecule has 1 aliphatic rings. The van der Waals surface area contributed by atoms with E-state index in [4.69, 9.17) is 4.74 Å². The number of aliphatic hydroxyl groups excluding tert-OH is 1. The molecule has 194 valence electrons. The van der Waals surface area contributed by atoms with Crippen LogP contribution < -0.4 is 4.74 Å². The van der Waals surface area contributed by atoms with Crippen LogP contribution in [0.4, 0.5) is 0 Å². The van der Waals surface area contributed by atoms with E-state index in [2.05, 4.69) is 27.4 Å². The van der Waals surface area contributed by atoms with Crippen molar-refractivity contribution in [2.75, 3.05) is 32.5 Å². The van der Waals surface area contributed by atoms with Gasteiger partial charge in [0, 0.05) is 30.3 Å². The van der Waals surface area contributed by atoms with Gasteiger partial charge in [0.2, 0.25) is 0 Å². The number of aliphatic hydroxyl groups is 1. The molecule has 0 saturated carbocycles. The van der Waals surface area contributed by atoms with Crippen LogP contribution in [0.5, 0.6) is 5.75 Å². The lowest BCUT2D eigenvalue weighted by molar-refractivity contribution is -0.137. The lowest BCUT2D eigenvalue weighted by Crippen LogP contribution is -2.41. The zero-order valence-electron chi connectivity index (χ0n) is 20.8. The van der Waals surface area contributed by atoms with E-state index >= 15 is 0 Å². The molecule has 0 aliphatic carbocycles. The summed E-state index contributed by atoms with van der Waals surface area (Å²) in [5, 5.41) is 23.4. The van der Waals surface area contributed by atoms with Gasteiger partial charge in [0.05, 0.1) is 22.9 Å². The van der Waals surface area contributed by atoms with Crippen molar-refractivity contribution in [2.24, 2.45) is 11.8 Å². The third-order valence-corrected chi connectivity index (χ3v) is 9.43. The minimum Gasteiger partial charge on any atom is -0.497 e. The third kappa shape index (κ3) is 7.44. The number of ether oxygens (including phenoxy) is 1. The standard InChI is InChI=1S/C28H36N2O4S2/c1-34-22-7-8-25-24(18-22)23(11-13-29-25)26(31)9-5-20-12-15-30(19-21(20)6-10-27(32)33)14-3-17-36-28-4-2-16-35-28/h2,4,7-8,11,13,16,18,20-21,26,31H,3,5-6,9-10,12,14-15,17,19H2,1H3,(H,32,33)/t20-,21+,26?/m1/s1. The van der Waals surface area contributed by atoms with E-state index in [0.717, 1.165) is 66.9 Å². The predicted octanol–water partition coefficient (Wildman–Crippen LogP) is 6.10. The van der Waals surface area contributed by atoms with Crippen molar-refractivity contribution in [3.8, 4) is 5.75 Å². The first-order valence-electron chi connectivity index (χ1n) is 12.7. The summed E-state index contributed by atoms with van der Waals surface area (Å²) in [6.45, 7) is 3.05. The van der Waals surface area contributed by atoms with Gasteiger partial charge >= 0.3 is 5.97 Å². The van der Waals surface area contributed by atoms with Crippen LogP contribution in [0.2, 0.25) is 0 Å². The Kier molecular flexibility index (Phi) is 10.0. The van der Waals surface area contributed by atoms with Crippen molar-refractivity contribution in [1.82, 2.24) is 9.88 Å². The van der Waals surface area contributed by atoms with Crippen LogP contribution in [0.3, 0.4) is 0 Å². The molecular formula is C28H36N2O4S2. The molecule has 36 heavy (non-hydrogen) atoms. The number of likely N-dealkylation sites (tertiary alicyclic amines) is 1. The number of rotatable bonds is 13. The van der Waals surface area contributed by atoms with Gasteiger partial charge in [-0.3, -0.25) is 9.78 Å². The number of aliphatic carboxylic acids is 1. The number of benzene rings is 1. The summed E-state index contributed by atoms with van der Waals surface area (Å²) in [4.78, 5) is 18.2. The number of nitrogens with zero attached hydrogens (tertiary/aromatic N) is 2. The summed E-state index contributed by atoms with van der Waals surface area (Å²) in [5.74, 6) is 1.91. The summed E-state index contributed by atoms with van der Waals surface area (Å²) in [7, 11) is 1.64. The molecule has 1 fully saturated rings.